The first-order chi connectivity index (χ1) is 14.4. The maximum Gasteiger partial charge on any atom is 0.303 e. The molecule has 1 unspecified atom stereocenters. The van der Waals surface area contributed by atoms with Gasteiger partial charge in [0.25, 0.3) is 0 Å². The van der Waals surface area contributed by atoms with Gasteiger partial charge >= 0.3 is 5.97 Å². The third-order valence-electron chi connectivity index (χ3n) is 5.80. The van der Waals surface area contributed by atoms with E-state index in [0.717, 1.165) is 37.7 Å². The zero-order valence-corrected chi connectivity index (χ0v) is 18.4. The first-order valence-corrected chi connectivity index (χ1v) is 11.3. The van der Waals surface area contributed by atoms with Crippen LogP contribution in [0, 0.1) is 0 Å². The van der Waals surface area contributed by atoms with Crippen LogP contribution in [0.2, 0.25) is 0 Å². The summed E-state index contributed by atoms with van der Waals surface area (Å²) < 4.78 is 0. The summed E-state index contributed by atoms with van der Waals surface area (Å²) >= 11 is 0. The number of carbonyl (C=O) groups is 2. The van der Waals surface area contributed by atoms with Crippen molar-refractivity contribution >= 4 is 11.9 Å². The molecule has 0 aliphatic carbocycles. The number of aliphatic carboxylic acids is 1. The van der Waals surface area contributed by atoms with Gasteiger partial charge in [0, 0.05) is 25.8 Å². The predicted molar refractivity (Wildman–Crippen MR) is 119 cm³/mol. The van der Waals surface area contributed by atoms with Crippen LogP contribution < -0.4 is 0 Å². The van der Waals surface area contributed by atoms with Crippen molar-refractivity contribution in [2.75, 3.05) is 6.54 Å². The molecule has 1 fully saturated rings. The number of likely N-dealkylation sites (tertiary alicyclic amines) is 1. The molecule has 30 heavy (non-hydrogen) atoms. The maximum absolute atomic E-state index is 12.4. The van der Waals surface area contributed by atoms with Crippen LogP contribution in [0.1, 0.15) is 82.3 Å². The number of amides is 1. The predicted octanol–water partition coefficient (Wildman–Crippen LogP) is 4.69. The SMILES string of the molecule is CC(C)c1ccc(CC(O)C=C[C@H]2CCCC(=O)N2CCCCCCC(=O)O)cc1. The number of rotatable bonds is 12. The van der Waals surface area contributed by atoms with Gasteiger partial charge in [0.2, 0.25) is 5.91 Å². The zero-order chi connectivity index (χ0) is 21.9. The average Bonchev–Trinajstić information content (AvgIpc) is 2.70. The molecule has 2 N–H and O–H groups in total. The molecule has 1 aromatic carbocycles. The van der Waals surface area contributed by atoms with Crippen LogP contribution in [-0.2, 0) is 16.0 Å². The van der Waals surface area contributed by atoms with Gasteiger partial charge in [-0.15, -0.1) is 0 Å². The van der Waals surface area contributed by atoms with Gasteiger partial charge in [-0.3, -0.25) is 9.59 Å². The summed E-state index contributed by atoms with van der Waals surface area (Å²) in [7, 11) is 0. The number of aliphatic hydroxyl groups excluding tert-OH is 1. The first-order valence-electron chi connectivity index (χ1n) is 11.3. The van der Waals surface area contributed by atoms with Crippen molar-refractivity contribution in [1.82, 2.24) is 4.90 Å². The molecule has 1 heterocycles. The number of piperidine rings is 1. The Morgan fingerprint density at radius 3 is 2.53 bits per heavy atom. The maximum atomic E-state index is 12.4. The minimum absolute atomic E-state index is 0.0447. The second kappa shape index (κ2) is 12.5. The number of hydrogen-bond acceptors (Lipinski definition) is 3. The number of benzene rings is 1. The Kier molecular flexibility index (Phi) is 10.1. The highest BCUT2D eigenvalue weighted by Crippen LogP contribution is 2.21. The molecule has 1 aliphatic heterocycles. The Hall–Kier alpha value is -2.14. The molecule has 2 rings (SSSR count). The molecular formula is C25H37NO4. The van der Waals surface area contributed by atoms with E-state index in [0.29, 0.717) is 31.7 Å². The van der Waals surface area contributed by atoms with Gasteiger partial charge in [-0.05, 0) is 42.7 Å². The van der Waals surface area contributed by atoms with E-state index in [-0.39, 0.29) is 18.4 Å². The number of hydrogen-bond donors (Lipinski definition) is 2. The second-order valence-corrected chi connectivity index (χ2v) is 8.66. The topological polar surface area (TPSA) is 77.8 Å². The van der Waals surface area contributed by atoms with E-state index in [1.54, 1.807) is 0 Å². The number of carboxylic acid groups (broad SMARTS) is 1. The van der Waals surface area contributed by atoms with Gasteiger partial charge in [0.05, 0.1) is 12.1 Å². The summed E-state index contributed by atoms with van der Waals surface area (Å²) in [5.74, 6) is -0.0723. The van der Waals surface area contributed by atoms with Crippen molar-refractivity contribution < 1.29 is 19.8 Å². The van der Waals surface area contributed by atoms with Crippen molar-refractivity contribution in [3.63, 3.8) is 0 Å². The molecule has 1 aliphatic rings. The standard InChI is InChI=1S/C25H37NO4/c1-19(2)21-13-11-20(12-14-21)18-23(27)16-15-22-8-7-9-24(28)26(22)17-6-4-3-5-10-25(29)30/h11-16,19,22-23,27H,3-10,17-18H2,1-2H3,(H,29,30)/t22-,23?/m1/s1. The van der Waals surface area contributed by atoms with Crippen molar-refractivity contribution in [3.05, 3.63) is 47.5 Å². The molecule has 0 radical (unpaired) electrons. The summed E-state index contributed by atoms with van der Waals surface area (Å²) in [5.41, 5.74) is 2.40. The Morgan fingerprint density at radius 1 is 1.17 bits per heavy atom. The molecule has 5 heteroatoms. The van der Waals surface area contributed by atoms with E-state index in [2.05, 4.69) is 38.1 Å². The van der Waals surface area contributed by atoms with Crippen LogP contribution in [0.4, 0.5) is 0 Å². The van der Waals surface area contributed by atoms with Gasteiger partial charge in [0.1, 0.15) is 0 Å². The Balaban J connectivity index is 1.82. The van der Waals surface area contributed by atoms with Crippen LogP contribution in [0.3, 0.4) is 0 Å². The van der Waals surface area contributed by atoms with E-state index in [9.17, 15) is 14.7 Å². The zero-order valence-electron chi connectivity index (χ0n) is 18.4. The van der Waals surface area contributed by atoms with Crippen LogP contribution in [-0.4, -0.2) is 45.7 Å². The fourth-order valence-corrected chi connectivity index (χ4v) is 3.95. The third-order valence-corrected chi connectivity index (χ3v) is 5.80. The molecule has 166 valence electrons. The van der Waals surface area contributed by atoms with E-state index in [1.165, 1.54) is 5.56 Å². The summed E-state index contributed by atoms with van der Waals surface area (Å²) in [6, 6.07) is 8.44. The van der Waals surface area contributed by atoms with E-state index in [4.69, 9.17) is 5.11 Å². The number of nitrogens with zero attached hydrogens (tertiary/aromatic N) is 1. The van der Waals surface area contributed by atoms with Crippen LogP contribution in [0.15, 0.2) is 36.4 Å². The number of unbranched alkanes of at least 4 members (excludes halogenated alkanes) is 3. The molecule has 2 atom stereocenters. The van der Waals surface area contributed by atoms with Crippen molar-refractivity contribution in [2.45, 2.75) is 89.7 Å². The average molecular weight is 416 g/mol. The molecule has 0 saturated carbocycles. The third kappa shape index (κ3) is 8.31. The molecule has 5 nitrogen and oxygen atoms in total. The Bertz CT molecular complexity index is 696. The summed E-state index contributed by atoms with van der Waals surface area (Å²) in [4.78, 5) is 24.9. The van der Waals surface area contributed by atoms with Crippen LogP contribution >= 0.6 is 0 Å². The van der Waals surface area contributed by atoms with Crippen molar-refractivity contribution in [1.29, 1.82) is 0 Å². The lowest BCUT2D eigenvalue weighted by Gasteiger charge is -2.34. The minimum Gasteiger partial charge on any atom is -0.481 e. The van der Waals surface area contributed by atoms with Crippen LogP contribution in [0.25, 0.3) is 0 Å². The summed E-state index contributed by atoms with van der Waals surface area (Å²) in [6.45, 7) is 5.04. The Morgan fingerprint density at radius 2 is 1.87 bits per heavy atom. The molecule has 1 aromatic rings. The summed E-state index contributed by atoms with van der Waals surface area (Å²) in [6.07, 6.45) is 9.84. The van der Waals surface area contributed by atoms with Gasteiger partial charge in [-0.25, -0.2) is 0 Å². The molecule has 1 saturated heterocycles. The van der Waals surface area contributed by atoms with Crippen LogP contribution in [0.5, 0.6) is 0 Å². The second-order valence-electron chi connectivity index (χ2n) is 8.66. The lowest BCUT2D eigenvalue weighted by Crippen LogP contribution is -2.43. The molecular weight excluding hydrogens is 378 g/mol. The number of aliphatic hydroxyl groups is 1. The first kappa shape index (κ1) is 24.1. The normalized spacial score (nSPS) is 18.3. The number of carbonyl (C=O) groups excluding carboxylic acids is 1. The molecule has 1 amide bonds. The quantitative estimate of drug-likeness (QED) is 0.384. The van der Waals surface area contributed by atoms with Gasteiger partial charge in [-0.2, -0.15) is 0 Å². The highest BCUT2D eigenvalue weighted by Gasteiger charge is 2.25. The minimum atomic E-state index is -0.749. The fourth-order valence-electron chi connectivity index (χ4n) is 3.95. The lowest BCUT2D eigenvalue weighted by molar-refractivity contribution is -0.137. The van der Waals surface area contributed by atoms with E-state index < -0.39 is 12.1 Å². The summed E-state index contributed by atoms with van der Waals surface area (Å²) in [5, 5.41) is 19.1. The van der Waals surface area contributed by atoms with E-state index in [1.807, 2.05) is 17.1 Å². The molecule has 0 spiro atoms. The largest absolute Gasteiger partial charge is 0.481 e. The molecule has 0 bridgehead atoms. The highest BCUT2D eigenvalue weighted by molar-refractivity contribution is 5.77. The van der Waals surface area contributed by atoms with Gasteiger partial charge in [-0.1, -0.05) is 63.1 Å². The Labute approximate surface area is 180 Å². The lowest BCUT2D eigenvalue weighted by atomic mass is 9.98. The highest BCUT2D eigenvalue weighted by atomic mass is 16.4. The van der Waals surface area contributed by atoms with Gasteiger partial charge in [0.15, 0.2) is 0 Å². The van der Waals surface area contributed by atoms with Gasteiger partial charge < -0.3 is 15.1 Å². The monoisotopic (exact) mass is 415 g/mol. The van der Waals surface area contributed by atoms with Crippen molar-refractivity contribution in [2.24, 2.45) is 0 Å². The number of carboxylic acids is 1. The van der Waals surface area contributed by atoms with E-state index >= 15 is 0 Å². The van der Waals surface area contributed by atoms with Crippen molar-refractivity contribution in [3.8, 4) is 0 Å². The molecule has 0 aromatic heterocycles. The fraction of sp³-hybridized carbons (Fsp3) is 0.600. The smallest absolute Gasteiger partial charge is 0.303 e.